The van der Waals surface area contributed by atoms with Crippen LogP contribution >= 0.6 is 0 Å². The number of rotatable bonds is 21. The van der Waals surface area contributed by atoms with E-state index in [-0.39, 0.29) is 0 Å². The van der Waals surface area contributed by atoms with Crippen LogP contribution in [-0.2, 0) is 18.0 Å². The maximum atomic E-state index is 11.7. The number of amides is 1. The maximum Gasteiger partial charge on any atom is 0.500 e. The van der Waals surface area contributed by atoms with Gasteiger partial charge in [-0.15, -0.1) is 0 Å². The van der Waals surface area contributed by atoms with E-state index < -0.39 is 14.9 Å². The van der Waals surface area contributed by atoms with E-state index in [1.807, 2.05) is 6.08 Å². The summed E-state index contributed by atoms with van der Waals surface area (Å²) in [6.07, 6.45) is 32.9. The van der Waals surface area contributed by atoms with Crippen LogP contribution in [0, 0.1) is 0 Å². The van der Waals surface area contributed by atoms with Gasteiger partial charge in [-0.05, 0) is 51.4 Å². The van der Waals surface area contributed by atoms with Crippen LogP contribution in [0.15, 0.2) is 72.9 Å². The highest BCUT2D eigenvalue weighted by Crippen LogP contribution is 2.14. The lowest BCUT2D eigenvalue weighted by atomic mass is 10.2. The average molecular weight is 506 g/mol. The Bertz CT molecular complexity index is 671. The van der Waals surface area contributed by atoms with E-state index in [4.69, 9.17) is 18.0 Å². The van der Waals surface area contributed by atoms with E-state index in [0.717, 1.165) is 38.5 Å². The molecule has 0 aliphatic rings. The van der Waals surface area contributed by atoms with Gasteiger partial charge in [0, 0.05) is 33.9 Å². The van der Waals surface area contributed by atoms with Crippen molar-refractivity contribution >= 4 is 14.9 Å². The fraction of sp³-hybridized carbons (Fsp3) is 0.536. The lowest BCUT2D eigenvalue weighted by Gasteiger charge is -2.24. The van der Waals surface area contributed by atoms with Crippen LogP contribution in [0.3, 0.4) is 0 Å². The van der Waals surface area contributed by atoms with Crippen molar-refractivity contribution in [1.82, 2.24) is 5.32 Å². The summed E-state index contributed by atoms with van der Waals surface area (Å²) in [5.74, 6) is 0. The maximum absolute atomic E-state index is 11.7. The zero-order valence-electron chi connectivity index (χ0n) is 22.2. The summed E-state index contributed by atoms with van der Waals surface area (Å²) >= 11 is 0. The van der Waals surface area contributed by atoms with Gasteiger partial charge in [-0.25, -0.2) is 4.79 Å². The fourth-order valence-electron chi connectivity index (χ4n) is 2.96. The minimum atomic E-state index is -2.58. The highest BCUT2D eigenvalue weighted by atomic mass is 28.4. The van der Waals surface area contributed by atoms with Crippen LogP contribution < -0.4 is 5.32 Å². The highest BCUT2D eigenvalue weighted by Gasteiger charge is 2.36. The molecule has 198 valence electrons. The predicted molar refractivity (Wildman–Crippen MR) is 148 cm³/mol. The van der Waals surface area contributed by atoms with Crippen molar-refractivity contribution in [2.75, 3.05) is 34.5 Å². The first kappa shape index (κ1) is 32.8. The average Bonchev–Trinajstić information content (AvgIpc) is 2.88. The van der Waals surface area contributed by atoms with Crippen molar-refractivity contribution in [1.29, 1.82) is 0 Å². The Morgan fingerprint density at radius 2 is 1.11 bits per heavy atom. The molecule has 0 aromatic carbocycles. The Labute approximate surface area is 214 Å². The Morgan fingerprint density at radius 3 is 1.54 bits per heavy atom. The summed E-state index contributed by atoms with van der Waals surface area (Å²) in [5.41, 5.74) is 0. The van der Waals surface area contributed by atoms with Crippen LogP contribution in [0.5, 0.6) is 0 Å². The quantitative estimate of drug-likeness (QED) is 0.103. The monoisotopic (exact) mass is 505 g/mol. The SMILES string of the molecule is CC/C=C\C/C=C\C/C=C\C/C=C\C/C=C\C/C=C\CCOC(=O)NCCC[Si](OC)(OC)OC. The Balaban J connectivity index is 3.66. The Kier molecular flexibility index (Phi) is 23.4. The molecule has 0 saturated carbocycles. The smallest absolute Gasteiger partial charge is 0.449 e. The molecule has 0 atom stereocenters. The van der Waals surface area contributed by atoms with Crippen molar-refractivity contribution in [3.05, 3.63) is 72.9 Å². The van der Waals surface area contributed by atoms with Crippen molar-refractivity contribution in [2.24, 2.45) is 0 Å². The first-order valence-corrected chi connectivity index (χ1v) is 14.5. The van der Waals surface area contributed by atoms with Gasteiger partial charge in [-0.3, -0.25) is 0 Å². The predicted octanol–water partition coefficient (Wildman–Crippen LogP) is 7.07. The first-order chi connectivity index (χ1) is 17.1. The molecule has 6 nitrogen and oxygen atoms in total. The summed E-state index contributed by atoms with van der Waals surface area (Å²) in [5, 5.41) is 2.73. The Hall–Kier alpha value is -2.19. The summed E-state index contributed by atoms with van der Waals surface area (Å²) in [4.78, 5) is 11.7. The molecule has 0 unspecified atom stereocenters. The van der Waals surface area contributed by atoms with Gasteiger partial charge in [-0.1, -0.05) is 79.8 Å². The highest BCUT2D eigenvalue weighted by molar-refractivity contribution is 6.60. The molecular weight excluding hydrogens is 458 g/mol. The summed E-state index contributed by atoms with van der Waals surface area (Å²) in [6, 6.07) is 0.634. The zero-order valence-corrected chi connectivity index (χ0v) is 23.2. The standard InChI is InChI=1S/C28H47NO5Si/c1-5-6-7-8-9-10-11-12-13-14-15-16-17-18-19-20-21-22-23-26-34-28(30)29-25-24-27-35(31-2,32-3)33-4/h6-7,9-10,12-13,15-16,18-19,21-22H,5,8,11,14,17,20,23-27H2,1-4H3,(H,29,30)/b7-6-,10-9-,13-12-,16-15-,19-18-,22-21-. The fourth-order valence-corrected chi connectivity index (χ4v) is 4.68. The van der Waals surface area contributed by atoms with Crippen LogP contribution in [0.2, 0.25) is 6.04 Å². The number of carbonyl (C=O) groups is 1. The van der Waals surface area contributed by atoms with E-state index in [9.17, 15) is 4.79 Å². The van der Waals surface area contributed by atoms with Crippen molar-refractivity contribution in [2.45, 2.75) is 64.3 Å². The first-order valence-electron chi connectivity index (χ1n) is 12.6. The topological polar surface area (TPSA) is 66.0 Å². The van der Waals surface area contributed by atoms with E-state index in [2.05, 4.69) is 79.1 Å². The molecule has 1 N–H and O–H groups in total. The number of carbonyl (C=O) groups excluding carboxylic acids is 1. The molecular formula is C28H47NO5Si. The molecule has 35 heavy (non-hydrogen) atoms. The molecule has 0 heterocycles. The normalized spacial score (nSPS) is 13.0. The molecule has 0 aromatic heterocycles. The molecule has 0 aliphatic carbocycles. The van der Waals surface area contributed by atoms with Gasteiger partial charge in [-0.2, -0.15) is 0 Å². The van der Waals surface area contributed by atoms with Crippen LogP contribution in [0.1, 0.15) is 58.3 Å². The molecule has 7 heteroatoms. The number of allylic oxidation sites excluding steroid dienone is 11. The molecule has 0 fully saturated rings. The molecule has 0 bridgehead atoms. The Morgan fingerprint density at radius 1 is 0.686 bits per heavy atom. The van der Waals surface area contributed by atoms with Crippen molar-refractivity contribution in [3.8, 4) is 0 Å². The third-order valence-corrected chi connectivity index (χ3v) is 7.81. The van der Waals surface area contributed by atoms with E-state index in [1.165, 1.54) is 0 Å². The second kappa shape index (κ2) is 24.9. The number of alkyl carbamates (subject to hydrolysis) is 1. The van der Waals surface area contributed by atoms with Crippen molar-refractivity contribution < 1.29 is 22.8 Å². The van der Waals surface area contributed by atoms with Gasteiger partial charge in [0.25, 0.3) is 0 Å². The third kappa shape index (κ3) is 20.9. The molecule has 0 spiro atoms. The van der Waals surface area contributed by atoms with Crippen LogP contribution in [0.4, 0.5) is 4.79 Å². The largest absolute Gasteiger partial charge is 0.500 e. The van der Waals surface area contributed by atoms with Gasteiger partial charge < -0.3 is 23.3 Å². The van der Waals surface area contributed by atoms with E-state index in [0.29, 0.717) is 32.0 Å². The number of ether oxygens (including phenoxy) is 1. The van der Waals surface area contributed by atoms with Crippen LogP contribution in [-0.4, -0.2) is 49.4 Å². The summed E-state index contributed by atoms with van der Waals surface area (Å²) in [6.45, 7) is 3.00. The molecule has 0 saturated heterocycles. The zero-order chi connectivity index (χ0) is 25.9. The number of hydrogen-bond donors (Lipinski definition) is 1. The van der Waals surface area contributed by atoms with E-state index in [1.54, 1.807) is 21.3 Å². The van der Waals surface area contributed by atoms with Gasteiger partial charge in [0.05, 0.1) is 6.61 Å². The second-order valence-electron chi connectivity index (χ2n) is 7.67. The minimum Gasteiger partial charge on any atom is -0.449 e. The molecule has 1 amide bonds. The lowest BCUT2D eigenvalue weighted by molar-refractivity contribution is 0.122. The van der Waals surface area contributed by atoms with Gasteiger partial charge in [0.2, 0.25) is 0 Å². The number of hydrogen-bond acceptors (Lipinski definition) is 5. The summed E-state index contributed by atoms with van der Waals surface area (Å²) in [7, 11) is 2.16. The summed E-state index contributed by atoms with van der Waals surface area (Å²) < 4.78 is 21.2. The lowest BCUT2D eigenvalue weighted by Crippen LogP contribution is -2.43. The third-order valence-electron chi connectivity index (χ3n) is 4.98. The number of nitrogens with one attached hydrogen (secondary N) is 1. The van der Waals surface area contributed by atoms with Gasteiger partial charge >= 0.3 is 14.9 Å². The van der Waals surface area contributed by atoms with Crippen molar-refractivity contribution in [3.63, 3.8) is 0 Å². The molecule has 0 aliphatic heterocycles. The van der Waals surface area contributed by atoms with Crippen LogP contribution in [0.25, 0.3) is 0 Å². The molecule has 0 aromatic rings. The molecule has 0 rings (SSSR count). The van der Waals surface area contributed by atoms with Gasteiger partial charge in [0.15, 0.2) is 0 Å². The minimum absolute atomic E-state index is 0.362. The van der Waals surface area contributed by atoms with Gasteiger partial charge in [0.1, 0.15) is 0 Å². The molecule has 0 radical (unpaired) electrons. The second-order valence-corrected chi connectivity index (χ2v) is 10.8. The van der Waals surface area contributed by atoms with E-state index >= 15 is 0 Å².